The quantitative estimate of drug-likeness (QED) is 0.767. The van der Waals surface area contributed by atoms with Crippen LogP contribution >= 0.6 is 15.9 Å². The Kier molecular flexibility index (Phi) is 5.82. The van der Waals surface area contributed by atoms with Crippen molar-refractivity contribution in [3.63, 3.8) is 0 Å². The third-order valence-corrected chi connectivity index (χ3v) is 3.68. The van der Waals surface area contributed by atoms with E-state index in [9.17, 15) is 4.79 Å². The Morgan fingerprint density at radius 2 is 2.15 bits per heavy atom. The van der Waals surface area contributed by atoms with E-state index in [2.05, 4.69) is 21.2 Å². The average molecular weight is 343 g/mol. The minimum absolute atomic E-state index is 0.0183. The van der Waals surface area contributed by atoms with Crippen molar-refractivity contribution in [2.75, 3.05) is 19.7 Å². The van der Waals surface area contributed by atoms with Crippen molar-refractivity contribution < 1.29 is 14.3 Å². The molecule has 0 unspecified atom stereocenters. The highest BCUT2D eigenvalue weighted by atomic mass is 79.9. The highest BCUT2D eigenvalue weighted by Gasteiger charge is 2.29. The normalized spacial score (nSPS) is 21.7. The fourth-order valence-corrected chi connectivity index (χ4v) is 2.32. The predicted octanol–water partition coefficient (Wildman–Crippen LogP) is 1.45. The van der Waals surface area contributed by atoms with E-state index >= 15 is 0 Å². The van der Waals surface area contributed by atoms with Crippen LogP contribution in [0, 0.1) is 0 Å². The summed E-state index contributed by atoms with van der Waals surface area (Å²) in [4.78, 5) is 11.8. The second-order valence-corrected chi connectivity index (χ2v) is 5.57. The minimum atomic E-state index is -0.365. The second-order valence-electron chi connectivity index (χ2n) is 4.65. The summed E-state index contributed by atoms with van der Waals surface area (Å²) >= 11 is 3.36. The summed E-state index contributed by atoms with van der Waals surface area (Å²) in [6.45, 7) is 1.36. The number of carbonyl (C=O) groups is 1. The van der Waals surface area contributed by atoms with Gasteiger partial charge in [-0.25, -0.2) is 0 Å². The zero-order chi connectivity index (χ0) is 14.4. The molecule has 0 radical (unpaired) electrons. The van der Waals surface area contributed by atoms with E-state index in [1.165, 1.54) is 0 Å². The Morgan fingerprint density at radius 1 is 1.40 bits per heavy atom. The molecule has 1 aromatic rings. The molecule has 1 aliphatic rings. The first kappa shape index (κ1) is 15.3. The van der Waals surface area contributed by atoms with Gasteiger partial charge in [-0.2, -0.15) is 0 Å². The van der Waals surface area contributed by atoms with Gasteiger partial charge in [-0.1, -0.05) is 15.9 Å². The van der Waals surface area contributed by atoms with Crippen molar-refractivity contribution in [2.45, 2.75) is 25.0 Å². The van der Waals surface area contributed by atoms with Crippen LogP contribution in [0.2, 0.25) is 0 Å². The summed E-state index contributed by atoms with van der Waals surface area (Å²) in [5.74, 6) is 0.697. The number of halogens is 1. The van der Waals surface area contributed by atoms with Crippen LogP contribution in [-0.4, -0.2) is 37.8 Å². The van der Waals surface area contributed by atoms with Gasteiger partial charge in [0.1, 0.15) is 18.5 Å². The molecule has 1 aromatic carbocycles. The van der Waals surface area contributed by atoms with E-state index in [0.717, 1.165) is 23.1 Å². The lowest BCUT2D eigenvalue weighted by Gasteiger charge is -2.13. The van der Waals surface area contributed by atoms with Crippen molar-refractivity contribution in [1.82, 2.24) is 5.32 Å². The molecule has 2 atom stereocenters. The first-order valence-electron chi connectivity index (χ1n) is 6.70. The van der Waals surface area contributed by atoms with E-state index in [0.29, 0.717) is 19.7 Å². The molecule has 3 N–H and O–H groups in total. The number of amides is 1. The number of carbonyl (C=O) groups excluding carboxylic acids is 1. The number of nitrogens with two attached hydrogens (primary N) is 1. The molecule has 1 amide bonds. The summed E-state index contributed by atoms with van der Waals surface area (Å²) in [7, 11) is 0. The van der Waals surface area contributed by atoms with Crippen LogP contribution in [0.1, 0.15) is 12.8 Å². The maximum Gasteiger partial charge on any atom is 0.249 e. The molecule has 0 spiro atoms. The van der Waals surface area contributed by atoms with Crippen molar-refractivity contribution in [1.29, 1.82) is 0 Å². The molecule has 20 heavy (non-hydrogen) atoms. The molecule has 6 heteroatoms. The molecule has 2 rings (SSSR count). The van der Waals surface area contributed by atoms with Gasteiger partial charge in [-0.3, -0.25) is 4.79 Å². The van der Waals surface area contributed by atoms with Crippen molar-refractivity contribution in [3.8, 4) is 5.75 Å². The van der Waals surface area contributed by atoms with Gasteiger partial charge >= 0.3 is 0 Å². The Labute approximate surface area is 126 Å². The van der Waals surface area contributed by atoms with E-state index < -0.39 is 0 Å². The smallest absolute Gasteiger partial charge is 0.249 e. The maximum absolute atomic E-state index is 11.8. The third kappa shape index (κ3) is 4.47. The molecule has 0 saturated carbocycles. The van der Waals surface area contributed by atoms with Gasteiger partial charge in [-0.05, 0) is 37.1 Å². The fourth-order valence-electron chi connectivity index (χ4n) is 2.06. The largest absolute Gasteiger partial charge is 0.492 e. The lowest BCUT2D eigenvalue weighted by atomic mass is 10.2. The van der Waals surface area contributed by atoms with E-state index in [4.69, 9.17) is 15.2 Å². The monoisotopic (exact) mass is 342 g/mol. The van der Waals surface area contributed by atoms with Crippen LogP contribution in [0.3, 0.4) is 0 Å². The van der Waals surface area contributed by atoms with Gasteiger partial charge in [0.2, 0.25) is 5.91 Å². The molecule has 0 aliphatic carbocycles. The second kappa shape index (κ2) is 7.61. The summed E-state index contributed by atoms with van der Waals surface area (Å²) < 4.78 is 12.0. The molecule has 1 heterocycles. The molecule has 1 aliphatic heterocycles. The number of benzene rings is 1. The van der Waals surface area contributed by atoms with Gasteiger partial charge in [0.15, 0.2) is 0 Å². The first-order valence-corrected chi connectivity index (χ1v) is 7.50. The summed E-state index contributed by atoms with van der Waals surface area (Å²) in [5.41, 5.74) is 5.51. The van der Waals surface area contributed by atoms with Crippen molar-refractivity contribution in [3.05, 3.63) is 28.7 Å². The molecule has 5 nitrogen and oxygen atoms in total. The third-order valence-electron chi connectivity index (χ3n) is 3.15. The fraction of sp³-hybridized carbons (Fsp3) is 0.500. The van der Waals surface area contributed by atoms with E-state index in [1.807, 2.05) is 24.3 Å². The Balaban J connectivity index is 1.63. The molecule has 1 saturated heterocycles. The Hall–Kier alpha value is -1.11. The summed E-state index contributed by atoms with van der Waals surface area (Å²) in [6, 6.07) is 7.57. The van der Waals surface area contributed by atoms with Crippen molar-refractivity contribution >= 4 is 21.8 Å². The van der Waals surface area contributed by atoms with Crippen LogP contribution in [0.5, 0.6) is 5.75 Å². The number of hydrogen-bond acceptors (Lipinski definition) is 4. The molecular weight excluding hydrogens is 324 g/mol. The van der Waals surface area contributed by atoms with Gasteiger partial charge in [-0.15, -0.1) is 0 Å². The number of hydrogen-bond donors (Lipinski definition) is 2. The average Bonchev–Trinajstić information content (AvgIpc) is 2.94. The van der Waals surface area contributed by atoms with Crippen LogP contribution < -0.4 is 15.8 Å². The van der Waals surface area contributed by atoms with Gasteiger partial charge in [0.25, 0.3) is 0 Å². The summed E-state index contributed by atoms with van der Waals surface area (Å²) in [6.07, 6.45) is 1.24. The predicted molar refractivity (Wildman–Crippen MR) is 79.6 cm³/mol. The lowest BCUT2D eigenvalue weighted by molar-refractivity contribution is -0.131. The van der Waals surface area contributed by atoms with Gasteiger partial charge in [0, 0.05) is 11.0 Å². The van der Waals surface area contributed by atoms with E-state index in [-0.39, 0.29) is 18.1 Å². The number of nitrogens with one attached hydrogen (secondary N) is 1. The first-order chi connectivity index (χ1) is 9.69. The maximum atomic E-state index is 11.8. The molecule has 110 valence electrons. The highest BCUT2D eigenvalue weighted by Crippen LogP contribution is 2.19. The minimum Gasteiger partial charge on any atom is -0.492 e. The van der Waals surface area contributed by atoms with Crippen LogP contribution in [0.4, 0.5) is 0 Å². The molecule has 1 fully saturated rings. The molecule has 0 aromatic heterocycles. The topological polar surface area (TPSA) is 73.6 Å². The van der Waals surface area contributed by atoms with Crippen LogP contribution in [-0.2, 0) is 9.53 Å². The van der Waals surface area contributed by atoms with Gasteiger partial charge in [0.05, 0.1) is 12.6 Å². The zero-order valence-corrected chi connectivity index (χ0v) is 12.8. The van der Waals surface area contributed by atoms with Gasteiger partial charge < -0.3 is 20.5 Å². The molecule has 0 bridgehead atoms. The SMILES string of the molecule is NC[C@H]1CC[C@@H](C(=O)NCCOc2ccc(Br)cc2)O1. The Bertz CT molecular complexity index is 439. The number of ether oxygens (including phenoxy) is 2. The van der Waals surface area contributed by atoms with Crippen LogP contribution in [0.15, 0.2) is 28.7 Å². The van der Waals surface area contributed by atoms with Crippen molar-refractivity contribution in [2.24, 2.45) is 5.73 Å². The van der Waals surface area contributed by atoms with Crippen LogP contribution in [0.25, 0.3) is 0 Å². The zero-order valence-electron chi connectivity index (χ0n) is 11.2. The lowest BCUT2D eigenvalue weighted by Crippen LogP contribution is -2.37. The number of rotatable bonds is 6. The highest BCUT2D eigenvalue weighted by molar-refractivity contribution is 9.10. The standard InChI is InChI=1S/C14H19BrN2O3/c15-10-1-3-11(4-2-10)19-8-7-17-14(18)13-6-5-12(9-16)20-13/h1-4,12-13H,5-9,16H2,(H,17,18)/t12-,13+/m1/s1. The molecular formula is C14H19BrN2O3. The van der Waals surface area contributed by atoms with E-state index in [1.54, 1.807) is 0 Å². The summed E-state index contributed by atoms with van der Waals surface area (Å²) in [5, 5.41) is 2.81. The Morgan fingerprint density at radius 3 is 2.80 bits per heavy atom.